The summed E-state index contributed by atoms with van der Waals surface area (Å²) < 4.78 is 17.6. The number of hydrogen-bond acceptors (Lipinski definition) is 6. The van der Waals surface area contributed by atoms with E-state index in [4.69, 9.17) is 14.2 Å². The van der Waals surface area contributed by atoms with E-state index < -0.39 is 5.79 Å². The number of benzene rings is 1. The van der Waals surface area contributed by atoms with Gasteiger partial charge in [-0.2, -0.15) is 5.10 Å². The summed E-state index contributed by atoms with van der Waals surface area (Å²) in [6.07, 6.45) is 1.69. The van der Waals surface area contributed by atoms with Gasteiger partial charge in [0.25, 0.3) is 0 Å². The third kappa shape index (κ3) is 4.72. The largest absolute Gasteiger partial charge is 0.465 e. The van der Waals surface area contributed by atoms with Gasteiger partial charge in [0.15, 0.2) is 5.79 Å². The molecule has 0 saturated carbocycles. The maximum Gasteiger partial charge on any atom is 0.337 e. The van der Waals surface area contributed by atoms with Crippen molar-refractivity contribution in [1.82, 2.24) is 9.99 Å². The predicted octanol–water partition coefficient (Wildman–Crippen LogP) is 2.48. The molecule has 2 aromatic rings. The summed E-state index contributed by atoms with van der Waals surface area (Å²) in [5.74, 6) is -1.53. The van der Waals surface area contributed by atoms with E-state index in [0.29, 0.717) is 18.8 Å². The first-order valence-corrected chi connectivity index (χ1v) is 9.30. The van der Waals surface area contributed by atoms with Crippen LogP contribution in [0.25, 0.3) is 5.69 Å². The molecular formula is C21H25N3O5. The van der Waals surface area contributed by atoms with Crippen molar-refractivity contribution in [3.8, 4) is 5.69 Å². The summed E-state index contributed by atoms with van der Waals surface area (Å²) in [5.41, 5.74) is 6.76. The van der Waals surface area contributed by atoms with E-state index >= 15 is 0 Å². The predicted molar refractivity (Wildman–Crippen MR) is 107 cm³/mol. The second kappa shape index (κ2) is 8.59. The number of aromatic nitrogens is 1. The highest BCUT2D eigenvalue weighted by molar-refractivity contribution is 5.89. The Kier molecular flexibility index (Phi) is 6.14. The standard InChI is InChI=1S/C21H25N3O5/c1-14-11-17(13-22-23-19(25)12-21(3)28-9-10-29-21)15(2)24(14)18-7-5-16(6-8-18)20(26)27-4/h5-8,11,13H,9-10,12H2,1-4H3,(H,23,25)/b22-13-. The highest BCUT2D eigenvalue weighted by Gasteiger charge is 2.33. The number of ether oxygens (including phenoxy) is 3. The average Bonchev–Trinajstić information content (AvgIpc) is 3.24. The Morgan fingerprint density at radius 2 is 1.90 bits per heavy atom. The van der Waals surface area contributed by atoms with Gasteiger partial charge in [0, 0.05) is 22.6 Å². The van der Waals surface area contributed by atoms with Crippen molar-refractivity contribution in [2.24, 2.45) is 5.10 Å². The summed E-state index contributed by atoms with van der Waals surface area (Å²) in [6.45, 7) is 6.65. The molecule has 0 atom stereocenters. The number of esters is 1. The summed E-state index contributed by atoms with van der Waals surface area (Å²) in [7, 11) is 1.36. The third-order valence-electron chi connectivity index (χ3n) is 4.79. The van der Waals surface area contributed by atoms with Crippen LogP contribution in [0.3, 0.4) is 0 Å². The molecule has 1 aromatic carbocycles. The summed E-state index contributed by atoms with van der Waals surface area (Å²) in [4.78, 5) is 23.7. The minimum Gasteiger partial charge on any atom is -0.465 e. The fourth-order valence-electron chi connectivity index (χ4n) is 3.34. The van der Waals surface area contributed by atoms with Gasteiger partial charge in [-0.05, 0) is 51.1 Å². The van der Waals surface area contributed by atoms with E-state index in [-0.39, 0.29) is 18.3 Å². The number of nitrogens with zero attached hydrogens (tertiary/aromatic N) is 2. The molecule has 0 aliphatic carbocycles. The minimum atomic E-state index is -0.883. The molecule has 8 nitrogen and oxygen atoms in total. The number of carbonyl (C=O) groups excluding carboxylic acids is 2. The van der Waals surface area contributed by atoms with Crippen LogP contribution < -0.4 is 5.43 Å². The Morgan fingerprint density at radius 3 is 2.52 bits per heavy atom. The summed E-state index contributed by atoms with van der Waals surface area (Å²) in [6, 6.07) is 9.14. The van der Waals surface area contributed by atoms with E-state index in [0.717, 1.165) is 22.6 Å². The zero-order valence-electron chi connectivity index (χ0n) is 17.0. The lowest BCUT2D eigenvalue weighted by Crippen LogP contribution is -2.33. The van der Waals surface area contributed by atoms with Crippen LogP contribution in [0.1, 0.15) is 40.7 Å². The van der Waals surface area contributed by atoms with Crippen LogP contribution in [0.15, 0.2) is 35.4 Å². The van der Waals surface area contributed by atoms with Crippen molar-refractivity contribution in [3.05, 3.63) is 52.8 Å². The Bertz CT molecular complexity index is 925. The average molecular weight is 399 g/mol. The van der Waals surface area contributed by atoms with Crippen LogP contribution in [0.4, 0.5) is 0 Å². The molecule has 1 aliphatic rings. The minimum absolute atomic E-state index is 0.0793. The van der Waals surface area contributed by atoms with Crippen molar-refractivity contribution in [3.63, 3.8) is 0 Å². The summed E-state index contributed by atoms with van der Waals surface area (Å²) in [5, 5.41) is 4.06. The van der Waals surface area contributed by atoms with Crippen LogP contribution in [0.2, 0.25) is 0 Å². The van der Waals surface area contributed by atoms with Crippen LogP contribution in [0.5, 0.6) is 0 Å². The van der Waals surface area contributed by atoms with E-state index in [1.807, 2.05) is 36.6 Å². The van der Waals surface area contributed by atoms with Crippen molar-refractivity contribution in [2.75, 3.05) is 20.3 Å². The quantitative estimate of drug-likeness (QED) is 0.458. The number of amides is 1. The molecule has 154 valence electrons. The van der Waals surface area contributed by atoms with Gasteiger partial charge < -0.3 is 18.8 Å². The molecule has 8 heteroatoms. The Balaban J connectivity index is 1.69. The fraction of sp³-hybridized carbons (Fsp3) is 0.381. The Morgan fingerprint density at radius 1 is 1.24 bits per heavy atom. The highest BCUT2D eigenvalue weighted by atomic mass is 16.7. The normalized spacial score (nSPS) is 15.6. The smallest absolute Gasteiger partial charge is 0.337 e. The topological polar surface area (TPSA) is 91.2 Å². The molecule has 1 aromatic heterocycles. The van der Waals surface area contributed by atoms with E-state index in [1.165, 1.54) is 7.11 Å². The van der Waals surface area contributed by atoms with Crippen molar-refractivity contribution in [1.29, 1.82) is 0 Å². The molecule has 1 aliphatic heterocycles. The lowest BCUT2D eigenvalue weighted by atomic mass is 10.2. The first-order valence-electron chi connectivity index (χ1n) is 9.30. The van der Waals surface area contributed by atoms with Gasteiger partial charge in [-0.1, -0.05) is 0 Å². The lowest BCUT2D eigenvalue weighted by molar-refractivity contribution is -0.159. The molecule has 0 spiro atoms. The van der Waals surface area contributed by atoms with Gasteiger partial charge in [0.2, 0.25) is 5.91 Å². The molecule has 0 radical (unpaired) electrons. The number of methoxy groups -OCH3 is 1. The highest BCUT2D eigenvalue weighted by Crippen LogP contribution is 2.22. The van der Waals surface area contributed by atoms with Gasteiger partial charge in [0.1, 0.15) is 0 Å². The number of hydrazone groups is 1. The van der Waals surface area contributed by atoms with E-state index in [2.05, 4.69) is 10.5 Å². The number of carbonyl (C=O) groups is 2. The van der Waals surface area contributed by atoms with Gasteiger partial charge in [-0.15, -0.1) is 0 Å². The van der Waals surface area contributed by atoms with Crippen LogP contribution >= 0.6 is 0 Å². The van der Waals surface area contributed by atoms with Crippen LogP contribution in [-0.4, -0.2) is 48.8 Å². The molecule has 29 heavy (non-hydrogen) atoms. The monoisotopic (exact) mass is 399 g/mol. The molecule has 3 rings (SSSR count). The SMILES string of the molecule is COC(=O)c1ccc(-n2c(C)cc(/C=N\NC(=O)CC3(C)OCCO3)c2C)cc1. The third-order valence-corrected chi connectivity index (χ3v) is 4.79. The zero-order chi connectivity index (χ0) is 21.0. The number of hydrogen-bond donors (Lipinski definition) is 1. The first kappa shape index (κ1) is 20.8. The van der Waals surface area contributed by atoms with E-state index in [9.17, 15) is 9.59 Å². The van der Waals surface area contributed by atoms with Crippen LogP contribution in [0, 0.1) is 13.8 Å². The Labute approximate surface area is 169 Å². The number of nitrogens with one attached hydrogen (secondary N) is 1. The van der Waals surface area contributed by atoms with Crippen molar-refractivity contribution < 1.29 is 23.8 Å². The molecule has 1 N–H and O–H groups in total. The molecule has 0 bridgehead atoms. The van der Waals surface area contributed by atoms with Gasteiger partial charge in [-0.25, -0.2) is 10.2 Å². The Hall–Kier alpha value is -2.97. The second-order valence-corrected chi connectivity index (χ2v) is 7.00. The molecule has 1 saturated heterocycles. The van der Waals surface area contributed by atoms with Crippen molar-refractivity contribution >= 4 is 18.1 Å². The summed E-state index contributed by atoms with van der Waals surface area (Å²) >= 11 is 0. The first-order chi connectivity index (χ1) is 13.8. The lowest BCUT2D eigenvalue weighted by Gasteiger charge is -2.20. The van der Waals surface area contributed by atoms with Gasteiger partial charge in [-0.3, -0.25) is 4.79 Å². The van der Waals surface area contributed by atoms with Crippen molar-refractivity contribution in [2.45, 2.75) is 33.0 Å². The van der Waals surface area contributed by atoms with Crippen LogP contribution in [-0.2, 0) is 19.0 Å². The van der Waals surface area contributed by atoms with E-state index in [1.54, 1.807) is 25.3 Å². The molecule has 0 unspecified atom stereocenters. The van der Waals surface area contributed by atoms with Gasteiger partial charge >= 0.3 is 5.97 Å². The molecule has 1 amide bonds. The number of aryl methyl sites for hydroxylation is 1. The molecule has 1 fully saturated rings. The molecular weight excluding hydrogens is 374 g/mol. The fourth-order valence-corrected chi connectivity index (χ4v) is 3.34. The molecule has 2 heterocycles. The maximum atomic E-state index is 12.1. The number of rotatable bonds is 6. The van der Waals surface area contributed by atoms with Gasteiger partial charge in [0.05, 0.1) is 38.5 Å². The maximum absolute atomic E-state index is 12.1. The second-order valence-electron chi connectivity index (χ2n) is 7.00. The zero-order valence-corrected chi connectivity index (χ0v) is 17.0.